The van der Waals surface area contributed by atoms with E-state index in [0.29, 0.717) is 10.8 Å². The number of amides is 4. The monoisotopic (exact) mass is 574 g/mol. The topological polar surface area (TPSA) is 155 Å². The van der Waals surface area contributed by atoms with Crippen molar-refractivity contribution >= 4 is 35.2 Å². The zero-order valence-electron chi connectivity index (χ0n) is 22.4. The first-order chi connectivity index (χ1) is 19.2. The zero-order chi connectivity index (χ0) is 29.1. The van der Waals surface area contributed by atoms with E-state index < -0.39 is 48.4 Å². The van der Waals surface area contributed by atoms with Gasteiger partial charge in [0.1, 0.15) is 36.8 Å². The molecular formula is C28H35ClN4O7. The number of halogens is 1. The number of rotatable bonds is 7. The van der Waals surface area contributed by atoms with E-state index in [4.69, 9.17) is 21.1 Å². The Bertz CT molecular complexity index is 1180. The summed E-state index contributed by atoms with van der Waals surface area (Å²) < 4.78 is 11.5. The Labute approximate surface area is 237 Å². The predicted molar refractivity (Wildman–Crippen MR) is 148 cm³/mol. The fraction of sp³-hybridized carbons (Fsp3) is 0.429. The van der Waals surface area contributed by atoms with Gasteiger partial charge in [0, 0.05) is 11.4 Å². The summed E-state index contributed by atoms with van der Waals surface area (Å²) in [5, 5.41) is 21.0. The van der Waals surface area contributed by atoms with Gasteiger partial charge < -0.3 is 35.8 Å². The van der Waals surface area contributed by atoms with Crippen LogP contribution in [0, 0.1) is 5.92 Å². The lowest BCUT2D eigenvalue weighted by Crippen LogP contribution is -2.54. The van der Waals surface area contributed by atoms with Crippen LogP contribution in [0.2, 0.25) is 5.02 Å². The Balaban J connectivity index is 1.75. The standard InChI is InChI=1S/C28H35ClN4O7/c1-17(2)23-16-40-24-6-4-3-5-20(24)26(36)32-21(11-12-25(35)31-22(15-34)28(38)33-23)27(37)30-13-14-39-19-9-7-18(29)8-10-19/h3-10,17,21-23,34H,11-16H2,1-2H3,(H,30,37)(H,31,35)(H,32,36)(H,33,38)/t21-,22-,23-/m0/s1. The molecule has 2 aromatic carbocycles. The Morgan fingerprint density at radius 2 is 1.82 bits per heavy atom. The Hall–Kier alpha value is -3.83. The molecule has 12 heteroatoms. The molecule has 0 saturated heterocycles. The molecule has 11 nitrogen and oxygen atoms in total. The number of fused-ring (bicyclic) bond motifs is 1. The summed E-state index contributed by atoms with van der Waals surface area (Å²) in [6, 6.07) is 10.6. The van der Waals surface area contributed by atoms with Crippen LogP contribution in [0.15, 0.2) is 48.5 Å². The quantitative estimate of drug-likeness (QED) is 0.313. The van der Waals surface area contributed by atoms with Crippen molar-refractivity contribution in [2.24, 2.45) is 5.92 Å². The van der Waals surface area contributed by atoms with Crippen LogP contribution in [0.3, 0.4) is 0 Å². The van der Waals surface area contributed by atoms with E-state index in [0.717, 1.165) is 0 Å². The second kappa shape index (κ2) is 15.1. The summed E-state index contributed by atoms with van der Waals surface area (Å²) in [7, 11) is 0. The molecule has 0 bridgehead atoms. The summed E-state index contributed by atoms with van der Waals surface area (Å²) >= 11 is 5.87. The summed E-state index contributed by atoms with van der Waals surface area (Å²) in [5.74, 6) is -1.38. The number of para-hydroxylation sites is 1. The van der Waals surface area contributed by atoms with Gasteiger partial charge in [0.25, 0.3) is 5.91 Å². The van der Waals surface area contributed by atoms with Crippen LogP contribution in [0.4, 0.5) is 0 Å². The fourth-order valence-electron chi connectivity index (χ4n) is 3.88. The van der Waals surface area contributed by atoms with Gasteiger partial charge in [0.05, 0.1) is 24.8 Å². The van der Waals surface area contributed by atoms with E-state index in [1.165, 1.54) is 0 Å². The summed E-state index contributed by atoms with van der Waals surface area (Å²) in [4.78, 5) is 51.7. The molecule has 4 amide bonds. The van der Waals surface area contributed by atoms with Gasteiger partial charge in [-0.1, -0.05) is 37.6 Å². The van der Waals surface area contributed by atoms with Crippen molar-refractivity contribution in [3.05, 3.63) is 59.1 Å². The first-order valence-electron chi connectivity index (χ1n) is 13.1. The number of hydrogen-bond acceptors (Lipinski definition) is 7. The van der Waals surface area contributed by atoms with Crippen molar-refractivity contribution in [2.75, 3.05) is 26.4 Å². The summed E-state index contributed by atoms with van der Waals surface area (Å²) in [5.41, 5.74) is 0.202. The zero-order valence-corrected chi connectivity index (χ0v) is 23.2. The van der Waals surface area contributed by atoms with Gasteiger partial charge in [-0.3, -0.25) is 19.2 Å². The van der Waals surface area contributed by atoms with Crippen LogP contribution in [0.25, 0.3) is 0 Å². The SMILES string of the molecule is CC(C)[C@@H]1COc2ccccc2C(=O)N[C@H](C(=O)NCCOc2ccc(Cl)cc2)CCC(=O)N[C@@H](CO)C(=O)N1. The van der Waals surface area contributed by atoms with Crippen molar-refractivity contribution in [3.63, 3.8) is 0 Å². The fourth-order valence-corrected chi connectivity index (χ4v) is 4.01. The number of benzene rings is 2. The normalized spacial score (nSPS) is 20.5. The smallest absolute Gasteiger partial charge is 0.255 e. The van der Waals surface area contributed by atoms with E-state index in [-0.39, 0.29) is 49.8 Å². The molecule has 0 radical (unpaired) electrons. The maximum atomic E-state index is 13.2. The lowest BCUT2D eigenvalue weighted by Gasteiger charge is -2.25. The predicted octanol–water partition coefficient (Wildman–Crippen LogP) is 1.42. The minimum atomic E-state index is -1.18. The molecule has 40 heavy (non-hydrogen) atoms. The molecule has 3 rings (SSSR count). The van der Waals surface area contributed by atoms with Crippen LogP contribution in [-0.2, 0) is 14.4 Å². The van der Waals surface area contributed by atoms with Crippen molar-refractivity contribution in [1.82, 2.24) is 21.3 Å². The average molecular weight is 575 g/mol. The maximum Gasteiger partial charge on any atom is 0.255 e. The average Bonchev–Trinajstić information content (AvgIpc) is 2.94. The molecule has 0 unspecified atom stereocenters. The molecule has 0 spiro atoms. The summed E-state index contributed by atoms with van der Waals surface area (Å²) in [6.45, 7) is 3.50. The number of carbonyl (C=O) groups is 4. The molecule has 1 aliphatic heterocycles. The Morgan fingerprint density at radius 1 is 1.10 bits per heavy atom. The molecule has 0 aliphatic carbocycles. The molecule has 2 aromatic rings. The van der Waals surface area contributed by atoms with Crippen molar-refractivity contribution < 1.29 is 33.8 Å². The van der Waals surface area contributed by atoms with E-state index in [1.807, 2.05) is 13.8 Å². The third-order valence-corrected chi connectivity index (χ3v) is 6.53. The molecule has 0 aromatic heterocycles. The van der Waals surface area contributed by atoms with Crippen molar-refractivity contribution in [1.29, 1.82) is 0 Å². The van der Waals surface area contributed by atoms with E-state index in [1.54, 1.807) is 48.5 Å². The van der Waals surface area contributed by atoms with Gasteiger partial charge in [-0.2, -0.15) is 0 Å². The molecule has 1 heterocycles. The number of ether oxygens (including phenoxy) is 2. The van der Waals surface area contributed by atoms with Gasteiger partial charge in [-0.15, -0.1) is 0 Å². The van der Waals surface area contributed by atoms with Crippen molar-refractivity contribution in [3.8, 4) is 11.5 Å². The number of carbonyl (C=O) groups excluding carboxylic acids is 4. The van der Waals surface area contributed by atoms with E-state index in [9.17, 15) is 24.3 Å². The number of aliphatic hydroxyl groups is 1. The first-order valence-corrected chi connectivity index (χ1v) is 13.4. The van der Waals surface area contributed by atoms with Gasteiger partial charge in [0.15, 0.2) is 0 Å². The van der Waals surface area contributed by atoms with Gasteiger partial charge >= 0.3 is 0 Å². The first kappa shape index (κ1) is 30.7. The van der Waals surface area contributed by atoms with Gasteiger partial charge in [-0.05, 0) is 48.7 Å². The second-order valence-corrected chi connectivity index (χ2v) is 10.1. The highest BCUT2D eigenvalue weighted by molar-refractivity contribution is 6.30. The molecule has 5 N–H and O–H groups in total. The largest absolute Gasteiger partial charge is 0.492 e. The van der Waals surface area contributed by atoms with Crippen LogP contribution < -0.4 is 30.7 Å². The molecule has 216 valence electrons. The highest BCUT2D eigenvalue weighted by Crippen LogP contribution is 2.20. The van der Waals surface area contributed by atoms with Gasteiger partial charge in [0.2, 0.25) is 17.7 Å². The van der Waals surface area contributed by atoms with Gasteiger partial charge in [-0.25, -0.2) is 0 Å². The van der Waals surface area contributed by atoms with E-state index >= 15 is 0 Å². The number of nitrogens with one attached hydrogen (secondary N) is 4. The highest BCUT2D eigenvalue weighted by Gasteiger charge is 2.28. The molecule has 1 aliphatic rings. The van der Waals surface area contributed by atoms with Crippen LogP contribution in [-0.4, -0.2) is 73.2 Å². The van der Waals surface area contributed by atoms with Crippen LogP contribution >= 0.6 is 11.6 Å². The minimum absolute atomic E-state index is 0.0390. The summed E-state index contributed by atoms with van der Waals surface area (Å²) in [6.07, 6.45) is -0.242. The minimum Gasteiger partial charge on any atom is -0.492 e. The molecular weight excluding hydrogens is 540 g/mol. The number of hydrogen-bond donors (Lipinski definition) is 5. The number of aliphatic hydroxyl groups excluding tert-OH is 1. The second-order valence-electron chi connectivity index (χ2n) is 9.63. The third-order valence-electron chi connectivity index (χ3n) is 6.28. The Kier molecular flexibility index (Phi) is 11.6. The Morgan fingerprint density at radius 3 is 2.52 bits per heavy atom. The van der Waals surface area contributed by atoms with Crippen LogP contribution in [0.5, 0.6) is 11.5 Å². The highest BCUT2D eigenvalue weighted by atomic mass is 35.5. The lowest BCUT2D eigenvalue weighted by atomic mass is 10.0. The van der Waals surface area contributed by atoms with E-state index in [2.05, 4.69) is 21.3 Å². The molecule has 0 fully saturated rings. The lowest BCUT2D eigenvalue weighted by molar-refractivity contribution is -0.131. The van der Waals surface area contributed by atoms with Crippen LogP contribution in [0.1, 0.15) is 37.0 Å². The van der Waals surface area contributed by atoms with Crippen molar-refractivity contribution in [2.45, 2.75) is 44.8 Å². The molecule has 0 saturated carbocycles. The molecule has 3 atom stereocenters. The maximum absolute atomic E-state index is 13.2. The third kappa shape index (κ3) is 9.13.